The highest BCUT2D eigenvalue weighted by Crippen LogP contribution is 2.32. The van der Waals surface area contributed by atoms with Crippen LogP contribution in [-0.2, 0) is 9.47 Å². The van der Waals surface area contributed by atoms with Crippen LogP contribution in [0.15, 0.2) is 0 Å². The van der Waals surface area contributed by atoms with Gasteiger partial charge in [0.15, 0.2) is 0 Å². The Morgan fingerprint density at radius 1 is 1.00 bits per heavy atom. The lowest BCUT2D eigenvalue weighted by atomic mass is 9.79. The van der Waals surface area contributed by atoms with Crippen LogP contribution in [0.2, 0.25) is 0 Å². The molecule has 0 saturated heterocycles. The van der Waals surface area contributed by atoms with Gasteiger partial charge in [-0.2, -0.15) is 0 Å². The van der Waals surface area contributed by atoms with Gasteiger partial charge in [0.25, 0.3) is 0 Å². The van der Waals surface area contributed by atoms with E-state index in [0.29, 0.717) is 12.2 Å². The smallest absolute Gasteiger partial charge is 0.0835 e. The first-order valence-electron chi connectivity index (χ1n) is 5.24. The lowest BCUT2D eigenvalue weighted by Gasteiger charge is -2.36. The molecule has 3 atom stereocenters. The molecular weight excluding hydrogens is 164 g/mol. The van der Waals surface area contributed by atoms with Crippen LogP contribution in [0.4, 0.5) is 0 Å². The molecule has 0 aromatic heterocycles. The minimum atomic E-state index is 0.311. The Bertz CT molecular complexity index is 145. The van der Waals surface area contributed by atoms with Crippen LogP contribution in [0.5, 0.6) is 0 Å². The van der Waals surface area contributed by atoms with E-state index in [0.717, 1.165) is 24.7 Å². The molecule has 78 valence electrons. The average Bonchev–Trinajstić information content (AvgIpc) is 2.16. The SMILES string of the molecule is COC1CCC(C(C)C)CC1OC. The molecule has 0 spiro atoms. The van der Waals surface area contributed by atoms with Crippen molar-refractivity contribution in [2.45, 2.75) is 45.3 Å². The highest BCUT2D eigenvalue weighted by Gasteiger charge is 2.31. The first kappa shape index (κ1) is 11.0. The molecule has 2 nitrogen and oxygen atoms in total. The van der Waals surface area contributed by atoms with E-state index in [-0.39, 0.29) is 0 Å². The summed E-state index contributed by atoms with van der Waals surface area (Å²) >= 11 is 0. The van der Waals surface area contributed by atoms with Crippen molar-refractivity contribution in [1.82, 2.24) is 0 Å². The van der Waals surface area contributed by atoms with Gasteiger partial charge in [-0.25, -0.2) is 0 Å². The highest BCUT2D eigenvalue weighted by molar-refractivity contribution is 4.82. The van der Waals surface area contributed by atoms with Crippen molar-refractivity contribution in [2.24, 2.45) is 11.8 Å². The molecule has 1 fully saturated rings. The lowest BCUT2D eigenvalue weighted by Crippen LogP contribution is -2.37. The van der Waals surface area contributed by atoms with Crippen molar-refractivity contribution in [1.29, 1.82) is 0 Å². The van der Waals surface area contributed by atoms with Crippen molar-refractivity contribution < 1.29 is 9.47 Å². The van der Waals surface area contributed by atoms with Gasteiger partial charge in [-0.05, 0) is 31.1 Å². The van der Waals surface area contributed by atoms with E-state index in [4.69, 9.17) is 9.47 Å². The Morgan fingerprint density at radius 2 is 1.62 bits per heavy atom. The number of ether oxygens (including phenoxy) is 2. The number of hydrogen-bond acceptors (Lipinski definition) is 2. The minimum Gasteiger partial charge on any atom is -0.379 e. The Balaban J connectivity index is 2.47. The highest BCUT2D eigenvalue weighted by atomic mass is 16.5. The van der Waals surface area contributed by atoms with Gasteiger partial charge >= 0.3 is 0 Å². The molecule has 1 saturated carbocycles. The van der Waals surface area contributed by atoms with Crippen LogP contribution in [0.3, 0.4) is 0 Å². The van der Waals surface area contributed by atoms with Crippen LogP contribution in [-0.4, -0.2) is 26.4 Å². The third-order valence-electron chi connectivity index (χ3n) is 3.32. The second-order valence-corrected chi connectivity index (χ2v) is 4.37. The minimum absolute atomic E-state index is 0.311. The molecule has 0 bridgehead atoms. The summed E-state index contributed by atoms with van der Waals surface area (Å²) in [4.78, 5) is 0. The van der Waals surface area contributed by atoms with Crippen LogP contribution < -0.4 is 0 Å². The van der Waals surface area contributed by atoms with E-state index >= 15 is 0 Å². The van der Waals surface area contributed by atoms with Crippen LogP contribution in [0.1, 0.15) is 33.1 Å². The third-order valence-corrected chi connectivity index (χ3v) is 3.32. The quantitative estimate of drug-likeness (QED) is 0.674. The number of rotatable bonds is 3. The van der Waals surface area contributed by atoms with Gasteiger partial charge in [-0.3, -0.25) is 0 Å². The topological polar surface area (TPSA) is 18.5 Å². The molecule has 0 heterocycles. The maximum atomic E-state index is 5.45. The van der Waals surface area contributed by atoms with E-state index in [2.05, 4.69) is 13.8 Å². The van der Waals surface area contributed by atoms with E-state index in [1.54, 1.807) is 14.2 Å². The van der Waals surface area contributed by atoms with E-state index in [1.807, 2.05) is 0 Å². The summed E-state index contributed by atoms with van der Waals surface area (Å²) in [6, 6.07) is 0. The molecule has 3 unspecified atom stereocenters. The maximum absolute atomic E-state index is 5.45. The molecule has 1 aliphatic carbocycles. The fourth-order valence-corrected chi connectivity index (χ4v) is 2.26. The Kier molecular flexibility index (Phi) is 4.20. The summed E-state index contributed by atoms with van der Waals surface area (Å²) in [6.07, 6.45) is 4.23. The fraction of sp³-hybridized carbons (Fsp3) is 1.00. The zero-order valence-electron chi connectivity index (χ0n) is 9.25. The molecule has 2 heteroatoms. The van der Waals surface area contributed by atoms with Crippen molar-refractivity contribution in [3.8, 4) is 0 Å². The summed E-state index contributed by atoms with van der Waals surface area (Å²) in [6.45, 7) is 4.59. The van der Waals surface area contributed by atoms with Gasteiger partial charge in [0.05, 0.1) is 12.2 Å². The van der Waals surface area contributed by atoms with Gasteiger partial charge in [0.1, 0.15) is 0 Å². The Hall–Kier alpha value is -0.0800. The molecule has 13 heavy (non-hydrogen) atoms. The normalized spacial score (nSPS) is 35.3. The third kappa shape index (κ3) is 2.68. The van der Waals surface area contributed by atoms with Gasteiger partial charge in [0, 0.05) is 14.2 Å². The summed E-state index contributed by atoms with van der Waals surface area (Å²) in [5.74, 6) is 1.59. The molecule has 0 aromatic rings. The molecule has 0 aromatic carbocycles. The fourth-order valence-electron chi connectivity index (χ4n) is 2.26. The second kappa shape index (κ2) is 4.97. The van der Waals surface area contributed by atoms with Crippen molar-refractivity contribution in [3.05, 3.63) is 0 Å². The molecule has 1 rings (SSSR count). The maximum Gasteiger partial charge on any atom is 0.0835 e. The van der Waals surface area contributed by atoms with E-state index in [1.165, 1.54) is 6.42 Å². The van der Waals surface area contributed by atoms with Gasteiger partial charge < -0.3 is 9.47 Å². The molecule has 0 aliphatic heterocycles. The second-order valence-electron chi connectivity index (χ2n) is 4.37. The zero-order chi connectivity index (χ0) is 9.84. The largest absolute Gasteiger partial charge is 0.379 e. The first-order valence-corrected chi connectivity index (χ1v) is 5.24. The summed E-state index contributed by atoms with van der Waals surface area (Å²) < 4.78 is 10.8. The number of hydrogen-bond donors (Lipinski definition) is 0. The van der Waals surface area contributed by atoms with Crippen LogP contribution >= 0.6 is 0 Å². The van der Waals surface area contributed by atoms with Gasteiger partial charge in [-0.15, -0.1) is 0 Å². The van der Waals surface area contributed by atoms with Crippen LogP contribution in [0, 0.1) is 11.8 Å². The number of methoxy groups -OCH3 is 2. The molecule has 0 amide bonds. The molecule has 0 N–H and O–H groups in total. The molecule has 1 aliphatic rings. The van der Waals surface area contributed by atoms with Crippen molar-refractivity contribution in [2.75, 3.05) is 14.2 Å². The summed E-state index contributed by atoms with van der Waals surface area (Å²) in [5.41, 5.74) is 0. The van der Waals surface area contributed by atoms with Crippen molar-refractivity contribution in [3.63, 3.8) is 0 Å². The zero-order valence-corrected chi connectivity index (χ0v) is 9.25. The standard InChI is InChI=1S/C11H22O2/c1-8(2)9-5-6-10(12-3)11(7-9)13-4/h8-11H,5-7H2,1-4H3. The summed E-state index contributed by atoms with van der Waals surface area (Å²) in [7, 11) is 3.58. The van der Waals surface area contributed by atoms with Gasteiger partial charge in [-0.1, -0.05) is 13.8 Å². The predicted molar refractivity (Wildman–Crippen MR) is 53.8 cm³/mol. The van der Waals surface area contributed by atoms with E-state index in [9.17, 15) is 0 Å². The van der Waals surface area contributed by atoms with Gasteiger partial charge in [0.2, 0.25) is 0 Å². The lowest BCUT2D eigenvalue weighted by molar-refractivity contribution is -0.0750. The van der Waals surface area contributed by atoms with E-state index < -0.39 is 0 Å². The summed E-state index contributed by atoms with van der Waals surface area (Å²) in [5, 5.41) is 0. The Morgan fingerprint density at radius 3 is 2.08 bits per heavy atom. The Labute approximate surface area is 81.6 Å². The molecule has 0 radical (unpaired) electrons. The predicted octanol–water partition coefficient (Wildman–Crippen LogP) is 2.47. The first-order chi connectivity index (χ1) is 6.19. The average molecular weight is 186 g/mol. The monoisotopic (exact) mass is 186 g/mol. The van der Waals surface area contributed by atoms with Crippen LogP contribution in [0.25, 0.3) is 0 Å². The molecular formula is C11H22O2. The van der Waals surface area contributed by atoms with Crippen molar-refractivity contribution >= 4 is 0 Å².